The zero-order chi connectivity index (χ0) is 22.7. The number of ether oxygens (including phenoxy) is 1. The molecule has 0 unspecified atom stereocenters. The number of hydrogen-bond donors (Lipinski definition) is 0. The Morgan fingerprint density at radius 1 is 1.03 bits per heavy atom. The lowest BCUT2D eigenvalue weighted by atomic mass is 10.0. The summed E-state index contributed by atoms with van der Waals surface area (Å²) in [4.78, 5) is 50.6. The molecule has 2 aromatic carbocycles. The first-order valence-electron chi connectivity index (χ1n) is 10.5. The minimum Gasteiger partial charge on any atom is -0.452 e. The SMILES string of the molecule is O=C(OCC(=O)N1CCCc2cc([N+](=O)[O-])ccc21)c1ccc(CN2CCCC2=O)cc1. The molecule has 1 fully saturated rings. The van der Waals surface area contributed by atoms with Crippen LogP contribution in [0.1, 0.15) is 40.7 Å². The molecule has 32 heavy (non-hydrogen) atoms. The molecule has 0 atom stereocenters. The summed E-state index contributed by atoms with van der Waals surface area (Å²) in [6, 6.07) is 11.2. The van der Waals surface area contributed by atoms with Gasteiger partial charge in [0.1, 0.15) is 0 Å². The minimum atomic E-state index is -0.608. The lowest BCUT2D eigenvalue weighted by Gasteiger charge is -2.29. The summed E-state index contributed by atoms with van der Waals surface area (Å²) in [5.41, 5.74) is 2.58. The van der Waals surface area contributed by atoms with Gasteiger partial charge in [0.25, 0.3) is 11.6 Å². The van der Waals surface area contributed by atoms with Crippen LogP contribution in [-0.2, 0) is 27.3 Å². The Labute approximate surface area is 184 Å². The van der Waals surface area contributed by atoms with E-state index in [0.717, 1.165) is 24.1 Å². The Morgan fingerprint density at radius 2 is 1.78 bits per heavy atom. The summed E-state index contributed by atoms with van der Waals surface area (Å²) in [7, 11) is 0. The van der Waals surface area contributed by atoms with Gasteiger partial charge in [0.05, 0.1) is 10.5 Å². The number of aryl methyl sites for hydroxylation is 1. The maximum absolute atomic E-state index is 12.7. The average Bonchev–Trinajstić information content (AvgIpc) is 3.21. The Bertz CT molecular complexity index is 1070. The third kappa shape index (κ3) is 4.61. The molecule has 2 aliphatic rings. The van der Waals surface area contributed by atoms with Crippen LogP contribution >= 0.6 is 0 Å². The summed E-state index contributed by atoms with van der Waals surface area (Å²) in [5.74, 6) is -0.846. The number of fused-ring (bicyclic) bond motifs is 1. The van der Waals surface area contributed by atoms with Gasteiger partial charge in [-0.25, -0.2) is 4.79 Å². The number of nitro benzene ring substituents is 1. The molecule has 0 bridgehead atoms. The second kappa shape index (κ2) is 9.17. The molecule has 2 aromatic rings. The fourth-order valence-corrected chi connectivity index (χ4v) is 4.08. The molecule has 2 heterocycles. The minimum absolute atomic E-state index is 0.0120. The fourth-order valence-electron chi connectivity index (χ4n) is 4.08. The van der Waals surface area contributed by atoms with Crippen molar-refractivity contribution in [2.24, 2.45) is 0 Å². The zero-order valence-electron chi connectivity index (χ0n) is 17.5. The van der Waals surface area contributed by atoms with Crippen molar-refractivity contribution in [2.75, 3.05) is 24.6 Å². The monoisotopic (exact) mass is 437 g/mol. The molecule has 0 saturated carbocycles. The van der Waals surface area contributed by atoms with Crippen LogP contribution in [0, 0.1) is 10.1 Å². The van der Waals surface area contributed by atoms with Crippen molar-refractivity contribution < 1.29 is 24.0 Å². The number of carbonyl (C=O) groups is 3. The van der Waals surface area contributed by atoms with E-state index in [2.05, 4.69) is 0 Å². The van der Waals surface area contributed by atoms with Gasteiger partial charge in [0.15, 0.2) is 6.61 Å². The summed E-state index contributed by atoms with van der Waals surface area (Å²) < 4.78 is 5.21. The van der Waals surface area contributed by atoms with Crippen molar-refractivity contribution in [1.82, 2.24) is 4.90 Å². The first kappa shape index (κ1) is 21.5. The molecule has 0 radical (unpaired) electrons. The largest absolute Gasteiger partial charge is 0.452 e. The molecule has 2 amide bonds. The topological polar surface area (TPSA) is 110 Å². The molecule has 1 saturated heterocycles. The zero-order valence-corrected chi connectivity index (χ0v) is 17.5. The van der Waals surface area contributed by atoms with Crippen LogP contribution in [0.2, 0.25) is 0 Å². The highest BCUT2D eigenvalue weighted by Gasteiger charge is 2.25. The van der Waals surface area contributed by atoms with Gasteiger partial charge < -0.3 is 14.5 Å². The molecular weight excluding hydrogens is 414 g/mol. The van der Waals surface area contributed by atoms with E-state index in [-0.39, 0.29) is 17.5 Å². The van der Waals surface area contributed by atoms with Gasteiger partial charge in [0, 0.05) is 43.9 Å². The van der Waals surface area contributed by atoms with Crippen LogP contribution in [-0.4, -0.2) is 47.3 Å². The number of carbonyl (C=O) groups excluding carboxylic acids is 3. The van der Waals surface area contributed by atoms with Crippen LogP contribution in [0.5, 0.6) is 0 Å². The molecule has 9 nitrogen and oxygen atoms in total. The predicted molar refractivity (Wildman–Crippen MR) is 115 cm³/mol. The molecule has 0 spiro atoms. The molecule has 4 rings (SSSR count). The summed E-state index contributed by atoms with van der Waals surface area (Å²) in [6.45, 7) is 1.31. The fraction of sp³-hybridized carbons (Fsp3) is 0.348. The number of anilines is 1. The average molecular weight is 437 g/mol. The number of esters is 1. The number of non-ortho nitro benzene ring substituents is 1. The summed E-state index contributed by atoms with van der Waals surface area (Å²) in [6.07, 6.45) is 2.78. The Balaban J connectivity index is 1.35. The van der Waals surface area contributed by atoms with Crippen LogP contribution in [0.4, 0.5) is 11.4 Å². The number of benzene rings is 2. The second-order valence-electron chi connectivity index (χ2n) is 7.91. The highest BCUT2D eigenvalue weighted by molar-refractivity contribution is 5.98. The van der Waals surface area contributed by atoms with E-state index in [1.165, 1.54) is 17.0 Å². The molecule has 0 aromatic heterocycles. The third-order valence-corrected chi connectivity index (χ3v) is 5.75. The van der Waals surface area contributed by atoms with E-state index in [0.29, 0.717) is 43.6 Å². The van der Waals surface area contributed by atoms with E-state index < -0.39 is 17.5 Å². The van der Waals surface area contributed by atoms with E-state index >= 15 is 0 Å². The quantitative estimate of drug-likeness (QED) is 0.390. The van der Waals surface area contributed by atoms with Crippen molar-refractivity contribution >= 4 is 29.2 Å². The summed E-state index contributed by atoms with van der Waals surface area (Å²) in [5, 5.41) is 11.0. The van der Waals surface area contributed by atoms with E-state index in [1.54, 1.807) is 35.2 Å². The van der Waals surface area contributed by atoms with Crippen LogP contribution in [0.25, 0.3) is 0 Å². The van der Waals surface area contributed by atoms with Gasteiger partial charge in [0.2, 0.25) is 5.91 Å². The normalized spacial score (nSPS) is 15.4. The van der Waals surface area contributed by atoms with Crippen molar-refractivity contribution in [3.05, 3.63) is 69.3 Å². The van der Waals surface area contributed by atoms with Crippen LogP contribution in [0.3, 0.4) is 0 Å². The lowest BCUT2D eigenvalue weighted by Crippen LogP contribution is -2.38. The van der Waals surface area contributed by atoms with Crippen molar-refractivity contribution in [2.45, 2.75) is 32.2 Å². The van der Waals surface area contributed by atoms with Crippen molar-refractivity contribution in [3.8, 4) is 0 Å². The van der Waals surface area contributed by atoms with E-state index in [4.69, 9.17) is 4.74 Å². The van der Waals surface area contributed by atoms with Gasteiger partial charge in [-0.1, -0.05) is 12.1 Å². The molecule has 0 N–H and O–H groups in total. The highest BCUT2D eigenvalue weighted by Crippen LogP contribution is 2.30. The molecule has 166 valence electrons. The number of likely N-dealkylation sites (tertiary alicyclic amines) is 1. The molecule has 2 aliphatic heterocycles. The predicted octanol–water partition coefficient (Wildman–Crippen LogP) is 2.85. The Hall–Kier alpha value is -3.75. The molecule has 9 heteroatoms. The maximum Gasteiger partial charge on any atom is 0.338 e. The van der Waals surface area contributed by atoms with Gasteiger partial charge in [-0.3, -0.25) is 19.7 Å². The number of rotatable bonds is 6. The van der Waals surface area contributed by atoms with Gasteiger partial charge in [-0.05, 0) is 48.6 Å². The van der Waals surface area contributed by atoms with Gasteiger partial charge in [-0.15, -0.1) is 0 Å². The first-order chi connectivity index (χ1) is 15.4. The van der Waals surface area contributed by atoms with Crippen molar-refractivity contribution in [1.29, 1.82) is 0 Å². The highest BCUT2D eigenvalue weighted by atomic mass is 16.6. The van der Waals surface area contributed by atoms with E-state index in [1.807, 2.05) is 0 Å². The number of nitro groups is 1. The van der Waals surface area contributed by atoms with Gasteiger partial charge >= 0.3 is 5.97 Å². The second-order valence-corrected chi connectivity index (χ2v) is 7.91. The van der Waals surface area contributed by atoms with Gasteiger partial charge in [-0.2, -0.15) is 0 Å². The van der Waals surface area contributed by atoms with Crippen LogP contribution < -0.4 is 4.90 Å². The smallest absolute Gasteiger partial charge is 0.338 e. The van der Waals surface area contributed by atoms with Crippen LogP contribution in [0.15, 0.2) is 42.5 Å². The van der Waals surface area contributed by atoms with E-state index in [9.17, 15) is 24.5 Å². The van der Waals surface area contributed by atoms with Crippen molar-refractivity contribution in [3.63, 3.8) is 0 Å². The standard InChI is InChI=1S/C23H23N3O6/c27-21-4-2-11-24(21)14-16-5-7-17(8-6-16)23(29)32-15-22(28)25-12-1-3-18-13-19(26(30)31)9-10-20(18)25/h5-10,13H,1-4,11-12,14-15H2. The molecular formula is C23H23N3O6. The number of amides is 2. The third-order valence-electron chi connectivity index (χ3n) is 5.75. The first-order valence-corrected chi connectivity index (χ1v) is 10.5. The number of hydrogen-bond acceptors (Lipinski definition) is 6. The Morgan fingerprint density at radius 3 is 2.47 bits per heavy atom. The number of nitrogens with zero attached hydrogens (tertiary/aromatic N) is 3. The Kier molecular flexibility index (Phi) is 6.16. The molecule has 0 aliphatic carbocycles. The lowest BCUT2D eigenvalue weighted by molar-refractivity contribution is -0.384. The maximum atomic E-state index is 12.7. The summed E-state index contributed by atoms with van der Waals surface area (Å²) >= 11 is 0.